The largest absolute Gasteiger partial charge is 0.490 e. The second-order valence-electron chi connectivity index (χ2n) is 9.71. The Kier molecular flexibility index (Phi) is 7.65. The zero-order valence-electron chi connectivity index (χ0n) is 21.9. The number of non-ortho nitro benzene ring substituents is 1. The molecule has 3 amide bonds. The summed E-state index contributed by atoms with van der Waals surface area (Å²) in [5, 5.41) is 14.9. The number of amidine groups is 1. The van der Waals surface area contributed by atoms with Gasteiger partial charge in [0.1, 0.15) is 24.2 Å². The molecule has 1 saturated heterocycles. The first kappa shape index (κ1) is 27.1. The summed E-state index contributed by atoms with van der Waals surface area (Å²) in [6.45, 7) is 4.15. The van der Waals surface area contributed by atoms with Gasteiger partial charge in [0, 0.05) is 36.6 Å². The van der Waals surface area contributed by atoms with E-state index in [1.54, 1.807) is 41.6 Å². The average Bonchev–Trinajstić information content (AvgIpc) is 3.33. The number of nitrogens with one attached hydrogen (secondary N) is 1. The summed E-state index contributed by atoms with van der Waals surface area (Å²) in [5.74, 6) is 0.234. The van der Waals surface area contributed by atoms with Crippen molar-refractivity contribution in [1.29, 1.82) is 0 Å². The van der Waals surface area contributed by atoms with E-state index in [1.165, 1.54) is 17.0 Å². The van der Waals surface area contributed by atoms with Crippen molar-refractivity contribution in [2.75, 3.05) is 19.6 Å². The predicted octanol–water partition coefficient (Wildman–Crippen LogP) is 4.53. The molecular formula is C28H27ClN6O5. The van der Waals surface area contributed by atoms with Crippen molar-refractivity contribution >= 4 is 35.1 Å². The summed E-state index contributed by atoms with van der Waals surface area (Å²) in [6, 6.07) is 13.4. The fourth-order valence-corrected chi connectivity index (χ4v) is 4.99. The van der Waals surface area contributed by atoms with Crippen LogP contribution < -0.4 is 10.1 Å². The van der Waals surface area contributed by atoms with Crippen LogP contribution in [0.25, 0.3) is 0 Å². The van der Waals surface area contributed by atoms with Gasteiger partial charge in [-0.25, -0.2) is 4.79 Å². The SMILES string of the molecule is CC(C)Oc1cc([N+](=O)[O-])ccc1C1=N[C@@H](c2cccnc2)[C@@H](c2ccc(Cl)cc2)N1C(=O)N1CCNC(=O)C1. The van der Waals surface area contributed by atoms with Crippen LogP contribution in [0.4, 0.5) is 10.5 Å². The third kappa shape index (κ3) is 5.46. The maximum atomic E-state index is 14.3. The first-order valence-electron chi connectivity index (χ1n) is 12.8. The monoisotopic (exact) mass is 562 g/mol. The molecule has 1 N–H and O–H groups in total. The predicted molar refractivity (Wildman–Crippen MR) is 148 cm³/mol. The molecule has 1 fully saturated rings. The van der Waals surface area contributed by atoms with E-state index in [-0.39, 0.29) is 35.8 Å². The van der Waals surface area contributed by atoms with Crippen LogP contribution in [0.15, 0.2) is 72.0 Å². The highest BCUT2D eigenvalue weighted by Crippen LogP contribution is 2.45. The molecule has 3 heterocycles. The minimum absolute atomic E-state index is 0.108. The lowest BCUT2D eigenvalue weighted by molar-refractivity contribution is -0.384. The second-order valence-corrected chi connectivity index (χ2v) is 10.1. The molecule has 2 aliphatic heterocycles. The van der Waals surface area contributed by atoms with Crippen LogP contribution in [0.1, 0.15) is 42.6 Å². The summed E-state index contributed by atoms with van der Waals surface area (Å²) in [4.78, 5) is 49.9. The summed E-state index contributed by atoms with van der Waals surface area (Å²) in [7, 11) is 0. The van der Waals surface area contributed by atoms with Gasteiger partial charge in [0.2, 0.25) is 5.91 Å². The lowest BCUT2D eigenvalue weighted by Gasteiger charge is -2.35. The van der Waals surface area contributed by atoms with Gasteiger partial charge in [0.15, 0.2) is 0 Å². The van der Waals surface area contributed by atoms with E-state index in [4.69, 9.17) is 21.3 Å². The summed E-state index contributed by atoms with van der Waals surface area (Å²) in [6.07, 6.45) is 3.04. The van der Waals surface area contributed by atoms with Crippen molar-refractivity contribution in [1.82, 2.24) is 20.1 Å². The standard InChI is InChI=1S/C28H27ClN6O5/c1-17(2)40-23-14-21(35(38)39)9-10-22(23)27-32-25(19-4-3-11-30-15-19)26(18-5-7-20(29)8-6-18)34(27)28(37)33-13-12-31-24(36)16-33/h3-11,14-15,17,25-26H,12-13,16H2,1-2H3,(H,31,36)/t25-,26+/m0/s1. The molecule has 11 nitrogen and oxygen atoms in total. The van der Waals surface area contributed by atoms with Crippen LogP contribution in [-0.4, -0.2) is 63.2 Å². The lowest BCUT2D eigenvalue weighted by atomic mass is 9.94. The molecule has 40 heavy (non-hydrogen) atoms. The Hall–Kier alpha value is -4.51. The summed E-state index contributed by atoms with van der Waals surface area (Å²) in [5.41, 5.74) is 1.79. The van der Waals surface area contributed by atoms with Crippen molar-refractivity contribution in [3.05, 3.63) is 98.8 Å². The highest BCUT2D eigenvalue weighted by Gasteiger charge is 2.45. The summed E-state index contributed by atoms with van der Waals surface area (Å²) < 4.78 is 6.01. The fraction of sp³-hybridized carbons (Fsp3) is 0.286. The van der Waals surface area contributed by atoms with Crippen molar-refractivity contribution < 1.29 is 19.2 Å². The second kappa shape index (κ2) is 11.3. The number of aromatic nitrogens is 1. The number of nitro groups is 1. The van der Waals surface area contributed by atoms with Crippen LogP contribution in [0.5, 0.6) is 5.75 Å². The number of amides is 3. The molecule has 0 radical (unpaired) electrons. The Labute approximate surface area is 235 Å². The number of halogens is 1. The molecule has 2 aliphatic rings. The first-order valence-corrected chi connectivity index (χ1v) is 13.1. The molecule has 12 heteroatoms. The number of aliphatic imine (C=N–C) groups is 1. The number of piperazine rings is 1. The van der Waals surface area contributed by atoms with Crippen LogP contribution >= 0.6 is 11.6 Å². The zero-order valence-corrected chi connectivity index (χ0v) is 22.6. The Morgan fingerprint density at radius 3 is 2.60 bits per heavy atom. The summed E-state index contributed by atoms with van der Waals surface area (Å²) >= 11 is 6.20. The highest BCUT2D eigenvalue weighted by atomic mass is 35.5. The molecular weight excluding hydrogens is 536 g/mol. The number of benzene rings is 2. The van der Waals surface area contributed by atoms with Gasteiger partial charge in [0.25, 0.3) is 5.69 Å². The molecule has 0 saturated carbocycles. The van der Waals surface area contributed by atoms with Gasteiger partial charge in [-0.05, 0) is 49.2 Å². The van der Waals surface area contributed by atoms with E-state index >= 15 is 0 Å². The third-order valence-electron chi connectivity index (χ3n) is 6.60. The van der Waals surface area contributed by atoms with Crippen molar-refractivity contribution in [3.8, 4) is 5.75 Å². The molecule has 0 aliphatic carbocycles. The van der Waals surface area contributed by atoms with E-state index < -0.39 is 23.0 Å². The minimum atomic E-state index is -0.629. The normalized spacial score (nSPS) is 18.9. The van der Waals surface area contributed by atoms with Gasteiger partial charge < -0.3 is 15.0 Å². The van der Waals surface area contributed by atoms with E-state index in [0.717, 1.165) is 11.1 Å². The van der Waals surface area contributed by atoms with Crippen LogP contribution in [-0.2, 0) is 4.79 Å². The molecule has 0 unspecified atom stereocenters. The number of hydrogen-bond donors (Lipinski definition) is 1. The van der Waals surface area contributed by atoms with Crippen LogP contribution in [0.2, 0.25) is 5.02 Å². The molecule has 3 aromatic rings. The van der Waals surface area contributed by atoms with Crippen molar-refractivity contribution in [3.63, 3.8) is 0 Å². The molecule has 5 rings (SSSR count). The Balaban J connectivity index is 1.71. The van der Waals surface area contributed by atoms with E-state index in [0.29, 0.717) is 23.7 Å². The highest BCUT2D eigenvalue weighted by molar-refractivity contribution is 6.30. The lowest BCUT2D eigenvalue weighted by Crippen LogP contribution is -2.55. The number of carbonyl (C=O) groups excluding carboxylic acids is 2. The number of urea groups is 1. The number of carbonyl (C=O) groups is 2. The number of hydrogen-bond acceptors (Lipinski definition) is 7. The first-order chi connectivity index (χ1) is 19.2. The van der Waals surface area contributed by atoms with Crippen molar-refractivity contribution in [2.45, 2.75) is 32.0 Å². The number of pyridine rings is 1. The van der Waals surface area contributed by atoms with Gasteiger partial charge >= 0.3 is 6.03 Å². The quantitative estimate of drug-likeness (QED) is 0.347. The molecule has 2 aromatic carbocycles. The van der Waals surface area contributed by atoms with Gasteiger partial charge in [-0.15, -0.1) is 0 Å². The number of ether oxygens (including phenoxy) is 1. The Morgan fingerprint density at radius 1 is 1.18 bits per heavy atom. The fourth-order valence-electron chi connectivity index (χ4n) is 4.86. The van der Waals surface area contributed by atoms with Crippen LogP contribution in [0, 0.1) is 10.1 Å². The van der Waals surface area contributed by atoms with E-state index in [2.05, 4.69) is 10.3 Å². The van der Waals surface area contributed by atoms with E-state index in [9.17, 15) is 19.7 Å². The van der Waals surface area contributed by atoms with Crippen molar-refractivity contribution in [2.24, 2.45) is 4.99 Å². The maximum absolute atomic E-state index is 14.3. The van der Waals surface area contributed by atoms with E-state index in [1.807, 2.05) is 32.0 Å². The molecule has 0 spiro atoms. The van der Waals surface area contributed by atoms with Gasteiger partial charge in [-0.2, -0.15) is 0 Å². The molecule has 0 bridgehead atoms. The third-order valence-corrected chi connectivity index (χ3v) is 6.85. The minimum Gasteiger partial charge on any atom is -0.490 e. The molecule has 206 valence electrons. The number of nitrogens with zero attached hydrogens (tertiary/aromatic N) is 5. The molecule has 1 aromatic heterocycles. The average molecular weight is 563 g/mol. The van der Waals surface area contributed by atoms with Crippen LogP contribution in [0.3, 0.4) is 0 Å². The van der Waals surface area contributed by atoms with Gasteiger partial charge in [-0.1, -0.05) is 29.8 Å². The molecule has 2 atom stereocenters. The van der Waals surface area contributed by atoms with Gasteiger partial charge in [-0.3, -0.25) is 29.8 Å². The Morgan fingerprint density at radius 2 is 1.95 bits per heavy atom. The number of rotatable bonds is 6. The van der Waals surface area contributed by atoms with Gasteiger partial charge in [0.05, 0.1) is 28.7 Å². The smallest absolute Gasteiger partial charge is 0.326 e. The zero-order chi connectivity index (χ0) is 28.4. The maximum Gasteiger partial charge on any atom is 0.326 e. The Bertz CT molecular complexity index is 1460. The topological polar surface area (TPSA) is 130 Å². The number of nitro benzene ring substituents is 1.